The Bertz CT molecular complexity index is 782. The van der Waals surface area contributed by atoms with E-state index < -0.39 is 0 Å². The third-order valence-corrected chi connectivity index (χ3v) is 3.43. The Labute approximate surface area is 133 Å². The zero-order chi connectivity index (χ0) is 16.1. The second kappa shape index (κ2) is 6.87. The molecule has 0 unspecified atom stereocenters. The topological polar surface area (TPSA) is 46.9 Å². The third kappa shape index (κ3) is 4.03. The van der Waals surface area contributed by atoms with Gasteiger partial charge in [-0.15, -0.1) is 0 Å². The van der Waals surface area contributed by atoms with Crippen LogP contribution in [-0.2, 0) is 11.2 Å². The van der Waals surface area contributed by atoms with E-state index in [-0.39, 0.29) is 11.7 Å². The van der Waals surface area contributed by atoms with E-state index >= 15 is 0 Å². The van der Waals surface area contributed by atoms with Crippen LogP contribution in [0.3, 0.4) is 0 Å². The third-order valence-electron chi connectivity index (χ3n) is 3.43. The van der Waals surface area contributed by atoms with Crippen LogP contribution in [0.1, 0.15) is 12.0 Å². The number of para-hydroxylation sites is 1. The second-order valence-corrected chi connectivity index (χ2v) is 5.18. The average molecular weight is 309 g/mol. The van der Waals surface area contributed by atoms with E-state index in [1.54, 1.807) is 23.0 Å². The number of rotatable bonds is 5. The van der Waals surface area contributed by atoms with E-state index in [1.165, 1.54) is 12.1 Å². The molecule has 0 saturated heterocycles. The summed E-state index contributed by atoms with van der Waals surface area (Å²) in [7, 11) is 0. The van der Waals surface area contributed by atoms with Crippen LogP contribution in [0, 0.1) is 5.82 Å². The predicted molar refractivity (Wildman–Crippen MR) is 86.9 cm³/mol. The Morgan fingerprint density at radius 1 is 1.09 bits per heavy atom. The van der Waals surface area contributed by atoms with Crippen molar-refractivity contribution in [3.8, 4) is 5.69 Å². The van der Waals surface area contributed by atoms with Gasteiger partial charge in [0.05, 0.1) is 11.9 Å². The molecule has 1 amide bonds. The fourth-order valence-corrected chi connectivity index (χ4v) is 2.23. The lowest BCUT2D eigenvalue weighted by atomic mass is 10.2. The minimum Gasteiger partial charge on any atom is -0.326 e. The molecule has 0 saturated carbocycles. The van der Waals surface area contributed by atoms with Crippen LogP contribution in [0.25, 0.3) is 5.69 Å². The summed E-state index contributed by atoms with van der Waals surface area (Å²) >= 11 is 0. The van der Waals surface area contributed by atoms with Gasteiger partial charge in [-0.2, -0.15) is 5.10 Å². The van der Waals surface area contributed by atoms with Gasteiger partial charge in [-0.25, -0.2) is 9.07 Å². The fraction of sp³-hybridized carbons (Fsp3) is 0.111. The van der Waals surface area contributed by atoms with E-state index in [0.29, 0.717) is 18.5 Å². The number of benzene rings is 2. The van der Waals surface area contributed by atoms with Crippen LogP contribution in [0.2, 0.25) is 0 Å². The van der Waals surface area contributed by atoms with Gasteiger partial charge in [0.25, 0.3) is 0 Å². The predicted octanol–water partition coefficient (Wildman–Crippen LogP) is 3.58. The zero-order valence-electron chi connectivity index (χ0n) is 12.4. The van der Waals surface area contributed by atoms with Crippen molar-refractivity contribution in [1.82, 2.24) is 9.78 Å². The number of carbonyl (C=O) groups excluding carboxylic acids is 1. The molecule has 1 heterocycles. The molecule has 4 nitrogen and oxygen atoms in total. The van der Waals surface area contributed by atoms with Crippen molar-refractivity contribution in [2.24, 2.45) is 0 Å². The molecular formula is C18H16FN3O. The first-order valence-corrected chi connectivity index (χ1v) is 7.35. The van der Waals surface area contributed by atoms with Crippen molar-refractivity contribution in [2.45, 2.75) is 12.8 Å². The van der Waals surface area contributed by atoms with Crippen LogP contribution in [0.15, 0.2) is 67.0 Å². The first-order chi connectivity index (χ1) is 11.2. The van der Waals surface area contributed by atoms with Gasteiger partial charge in [-0.05, 0) is 48.4 Å². The molecule has 1 N–H and O–H groups in total. The lowest BCUT2D eigenvalue weighted by molar-refractivity contribution is -0.116. The highest BCUT2D eigenvalue weighted by Gasteiger charge is 2.06. The Morgan fingerprint density at radius 3 is 2.57 bits per heavy atom. The molecule has 116 valence electrons. The van der Waals surface area contributed by atoms with Crippen LogP contribution < -0.4 is 5.32 Å². The Kier molecular flexibility index (Phi) is 4.47. The number of anilines is 1. The van der Waals surface area contributed by atoms with Gasteiger partial charge >= 0.3 is 0 Å². The quantitative estimate of drug-likeness (QED) is 0.783. The molecule has 3 rings (SSSR count). The van der Waals surface area contributed by atoms with E-state index in [9.17, 15) is 9.18 Å². The Balaban J connectivity index is 1.55. The summed E-state index contributed by atoms with van der Waals surface area (Å²) in [6.07, 6.45) is 4.62. The van der Waals surface area contributed by atoms with Crippen LogP contribution in [0.4, 0.5) is 10.1 Å². The smallest absolute Gasteiger partial charge is 0.224 e. The summed E-state index contributed by atoms with van der Waals surface area (Å²) in [6, 6.07) is 15.5. The molecule has 0 radical (unpaired) electrons. The van der Waals surface area contributed by atoms with Gasteiger partial charge in [-0.1, -0.05) is 18.2 Å². The van der Waals surface area contributed by atoms with Crippen LogP contribution in [0.5, 0.6) is 0 Å². The second-order valence-electron chi connectivity index (χ2n) is 5.18. The average Bonchev–Trinajstić information content (AvgIpc) is 3.05. The molecule has 5 heteroatoms. The number of aromatic nitrogens is 2. The molecule has 0 atom stereocenters. The van der Waals surface area contributed by atoms with Crippen molar-refractivity contribution in [2.75, 3.05) is 5.32 Å². The SMILES string of the molecule is O=C(CCc1cnn(-c2ccccc2)c1)Nc1ccc(F)cc1. The summed E-state index contributed by atoms with van der Waals surface area (Å²) in [6.45, 7) is 0. The molecule has 0 fully saturated rings. The zero-order valence-corrected chi connectivity index (χ0v) is 12.4. The molecule has 0 spiro atoms. The van der Waals surface area contributed by atoms with E-state index in [0.717, 1.165) is 11.3 Å². The van der Waals surface area contributed by atoms with Crippen molar-refractivity contribution in [3.05, 3.63) is 78.4 Å². The molecule has 0 bridgehead atoms. The summed E-state index contributed by atoms with van der Waals surface area (Å²) in [5, 5.41) is 7.05. The molecule has 0 aliphatic heterocycles. The number of nitrogens with zero attached hydrogens (tertiary/aromatic N) is 2. The molecular weight excluding hydrogens is 293 g/mol. The lowest BCUT2D eigenvalue weighted by Crippen LogP contribution is -2.12. The molecule has 3 aromatic rings. The summed E-state index contributed by atoms with van der Waals surface area (Å²) in [4.78, 5) is 11.9. The molecule has 0 aliphatic carbocycles. The van der Waals surface area contributed by atoms with Crippen LogP contribution >= 0.6 is 0 Å². The number of hydrogen-bond acceptors (Lipinski definition) is 2. The lowest BCUT2D eigenvalue weighted by Gasteiger charge is -2.04. The standard InChI is InChI=1S/C18H16FN3O/c19-15-7-9-16(10-8-15)21-18(23)11-6-14-12-20-22(13-14)17-4-2-1-3-5-17/h1-5,7-10,12-13H,6,11H2,(H,21,23). The monoisotopic (exact) mass is 309 g/mol. The largest absolute Gasteiger partial charge is 0.326 e. The van der Waals surface area contributed by atoms with E-state index in [4.69, 9.17) is 0 Å². The van der Waals surface area contributed by atoms with Gasteiger partial charge in [0.15, 0.2) is 0 Å². The maximum absolute atomic E-state index is 12.8. The van der Waals surface area contributed by atoms with Crippen molar-refractivity contribution in [1.29, 1.82) is 0 Å². The van der Waals surface area contributed by atoms with Gasteiger partial charge in [0, 0.05) is 18.3 Å². The van der Waals surface area contributed by atoms with Gasteiger partial charge in [0.1, 0.15) is 5.82 Å². The maximum Gasteiger partial charge on any atom is 0.224 e. The Morgan fingerprint density at radius 2 is 1.83 bits per heavy atom. The van der Waals surface area contributed by atoms with E-state index in [2.05, 4.69) is 10.4 Å². The van der Waals surface area contributed by atoms with Crippen molar-refractivity contribution in [3.63, 3.8) is 0 Å². The maximum atomic E-state index is 12.8. The van der Waals surface area contributed by atoms with Gasteiger partial charge in [-0.3, -0.25) is 4.79 Å². The summed E-state index contributed by atoms with van der Waals surface area (Å²) < 4.78 is 14.6. The number of carbonyl (C=O) groups is 1. The minimum atomic E-state index is -0.323. The summed E-state index contributed by atoms with van der Waals surface area (Å²) in [5.41, 5.74) is 2.56. The highest BCUT2D eigenvalue weighted by Crippen LogP contribution is 2.11. The Hall–Kier alpha value is -2.95. The minimum absolute atomic E-state index is 0.107. The molecule has 2 aromatic carbocycles. The number of nitrogens with one attached hydrogen (secondary N) is 1. The van der Waals surface area contributed by atoms with Gasteiger partial charge in [0.2, 0.25) is 5.91 Å². The number of halogens is 1. The normalized spacial score (nSPS) is 10.5. The van der Waals surface area contributed by atoms with Crippen molar-refractivity contribution >= 4 is 11.6 Å². The van der Waals surface area contributed by atoms with Crippen LogP contribution in [-0.4, -0.2) is 15.7 Å². The number of hydrogen-bond donors (Lipinski definition) is 1. The highest BCUT2D eigenvalue weighted by molar-refractivity contribution is 5.90. The molecule has 23 heavy (non-hydrogen) atoms. The first-order valence-electron chi connectivity index (χ1n) is 7.35. The van der Waals surface area contributed by atoms with E-state index in [1.807, 2.05) is 36.5 Å². The molecule has 0 aliphatic rings. The highest BCUT2D eigenvalue weighted by atomic mass is 19.1. The summed E-state index contributed by atoms with van der Waals surface area (Å²) in [5.74, 6) is -0.430. The van der Waals surface area contributed by atoms with Crippen molar-refractivity contribution < 1.29 is 9.18 Å². The number of aryl methyl sites for hydroxylation is 1. The van der Waals surface area contributed by atoms with Gasteiger partial charge < -0.3 is 5.32 Å². The number of amides is 1. The molecule has 1 aromatic heterocycles. The first kappa shape index (κ1) is 15.0. The fourth-order valence-electron chi connectivity index (χ4n) is 2.23.